The fourth-order valence-corrected chi connectivity index (χ4v) is 13.4. The Morgan fingerprint density at radius 2 is 1.36 bits per heavy atom. The Morgan fingerprint density at radius 1 is 0.679 bits per heavy atom. The number of carbonyl (C=O) groups excluding carboxylic acids is 1. The van der Waals surface area contributed by atoms with Crippen molar-refractivity contribution in [1.82, 2.24) is 0 Å². The van der Waals surface area contributed by atoms with Crippen LogP contribution >= 0.6 is 0 Å². The van der Waals surface area contributed by atoms with Gasteiger partial charge in [0.2, 0.25) is 0 Å². The minimum absolute atomic E-state index is 0.0193. The summed E-state index contributed by atoms with van der Waals surface area (Å²) in [4.78, 5) is 16.0. The molecule has 2 aliphatic heterocycles. The Morgan fingerprint density at radius 3 is 2.00 bits per heavy atom. The molecule has 1 saturated carbocycles. The van der Waals surface area contributed by atoms with Gasteiger partial charge in [-0.15, -0.1) is 0 Å². The molecule has 7 aromatic carbocycles. The van der Waals surface area contributed by atoms with Crippen molar-refractivity contribution in [3.8, 4) is 33.8 Å². The summed E-state index contributed by atoms with van der Waals surface area (Å²) < 4.78 is 151. The molecule has 2 heterocycles. The Labute approximate surface area is 466 Å². The fraction of sp³-hybridized carbons (Fsp3) is 0.358. The van der Waals surface area contributed by atoms with Crippen LogP contribution in [-0.2, 0) is 29.5 Å². The predicted molar refractivity (Wildman–Crippen MR) is 301 cm³/mol. The third-order valence-corrected chi connectivity index (χ3v) is 17.5. The summed E-state index contributed by atoms with van der Waals surface area (Å²) in [5.41, 5.74) is -4.55. The van der Waals surface area contributed by atoms with Crippen molar-refractivity contribution in [2.45, 2.75) is 127 Å². The number of carbonyl (C=O) groups is 1. The van der Waals surface area contributed by atoms with Gasteiger partial charge in [0.05, 0.1) is 23.8 Å². The van der Waals surface area contributed by atoms with Crippen LogP contribution in [0.25, 0.3) is 39.1 Å². The first-order valence-corrected chi connectivity index (χ1v) is 28.1. The van der Waals surface area contributed by atoms with E-state index in [0.29, 0.717) is 23.1 Å². The number of amides is 1. The molecular formula is C67H63F9N2O3. The van der Waals surface area contributed by atoms with Gasteiger partial charge in [0.25, 0.3) is 5.91 Å². The molecule has 0 radical (unpaired) electrons. The average Bonchev–Trinajstić information content (AvgIpc) is 3.38. The second kappa shape index (κ2) is 21.3. The van der Waals surface area contributed by atoms with E-state index < -0.39 is 63.3 Å². The molecule has 0 bridgehead atoms. The van der Waals surface area contributed by atoms with Crippen molar-refractivity contribution in [1.29, 1.82) is 0 Å². The molecule has 4 aliphatic rings. The van der Waals surface area contributed by atoms with Crippen LogP contribution < -0.4 is 19.7 Å². The Balaban J connectivity index is 1.05. The summed E-state index contributed by atoms with van der Waals surface area (Å²) in [5.74, 6) is 0.505. The summed E-state index contributed by atoms with van der Waals surface area (Å²) in [7, 11) is 1.26. The molecule has 2 fully saturated rings. The number of nitrogens with one attached hydrogen (secondary N) is 1. The van der Waals surface area contributed by atoms with Crippen LogP contribution in [0.2, 0.25) is 0 Å². The number of nitrogens with zero attached hydrogens (tertiary/aromatic N) is 1. The van der Waals surface area contributed by atoms with E-state index in [1.54, 1.807) is 24.3 Å². The van der Waals surface area contributed by atoms with Crippen LogP contribution in [0.3, 0.4) is 0 Å². The molecule has 2 aliphatic carbocycles. The maximum Gasteiger partial charge on any atom is 0.417 e. The number of benzene rings is 7. The van der Waals surface area contributed by atoms with Crippen molar-refractivity contribution in [2.75, 3.05) is 30.4 Å². The highest BCUT2D eigenvalue weighted by Crippen LogP contribution is 2.62. The second-order valence-corrected chi connectivity index (χ2v) is 22.8. The van der Waals surface area contributed by atoms with Crippen LogP contribution in [0.15, 0.2) is 127 Å². The monoisotopic (exact) mass is 1110 g/mol. The topological polar surface area (TPSA) is 50.8 Å². The highest BCUT2D eigenvalue weighted by molar-refractivity contribution is 6.11. The second-order valence-electron chi connectivity index (χ2n) is 22.8. The highest BCUT2D eigenvalue weighted by Gasteiger charge is 2.51. The molecule has 1 N–H and O–H groups in total. The summed E-state index contributed by atoms with van der Waals surface area (Å²) in [5, 5.41) is 2.84. The first kappa shape index (κ1) is 55.7. The number of halogens is 9. The van der Waals surface area contributed by atoms with Crippen LogP contribution in [0.4, 0.5) is 50.9 Å². The lowest BCUT2D eigenvalue weighted by atomic mass is 9.75. The zero-order valence-corrected chi connectivity index (χ0v) is 45.6. The number of anilines is 2. The summed E-state index contributed by atoms with van der Waals surface area (Å²) >= 11 is 0. The van der Waals surface area contributed by atoms with Crippen molar-refractivity contribution in [3.05, 3.63) is 183 Å². The average molecular weight is 1120 g/mol. The van der Waals surface area contributed by atoms with Crippen LogP contribution in [-0.4, -0.2) is 26.1 Å². The molecule has 1 saturated heterocycles. The maximum absolute atomic E-state index is 15.6. The number of rotatable bonds is 12. The van der Waals surface area contributed by atoms with Gasteiger partial charge in [0.15, 0.2) is 5.60 Å². The number of ether oxygens (including phenoxy) is 2. The number of fused-ring (bicyclic) bond motifs is 8. The Kier molecular flexibility index (Phi) is 14.6. The largest absolute Gasteiger partial charge is 0.496 e. The molecule has 422 valence electrons. The van der Waals surface area contributed by atoms with Gasteiger partial charge in [-0.3, -0.25) is 4.79 Å². The molecule has 5 nitrogen and oxygen atoms in total. The van der Waals surface area contributed by atoms with E-state index in [4.69, 9.17) is 9.47 Å². The van der Waals surface area contributed by atoms with Crippen molar-refractivity contribution < 1.29 is 53.8 Å². The number of unbranched alkanes of at least 4 members (excludes halogenated alkanes) is 2. The molecule has 7 aromatic rings. The van der Waals surface area contributed by atoms with Crippen molar-refractivity contribution in [3.63, 3.8) is 0 Å². The van der Waals surface area contributed by atoms with E-state index in [2.05, 4.69) is 17.1 Å². The van der Waals surface area contributed by atoms with Crippen LogP contribution in [0, 0.1) is 5.92 Å². The lowest BCUT2D eigenvalue weighted by Crippen LogP contribution is -2.35. The zero-order valence-electron chi connectivity index (χ0n) is 45.6. The van der Waals surface area contributed by atoms with Gasteiger partial charge < -0.3 is 19.7 Å². The third-order valence-electron chi connectivity index (χ3n) is 17.5. The molecule has 0 spiro atoms. The lowest BCUT2D eigenvalue weighted by molar-refractivity contribution is -0.143. The standard InChI is InChI=1S/C67H63F9N2O3/c1-5-6-9-14-40-17-19-41(20-18-40)42-21-23-43(24-22-42)62(79)77-47-27-30-49(55(37-47)66(71,72)73)51-38-52-53(39-57(51)80-4)61-50(60-58(52)54-35-46(65(68,69)70)36-56(67(74,75)76)59(54)63(60,2)3)31-32-64(81-61,44-15-10-7-11-16-44)45-25-28-48(29-26-45)78-33-12-8-13-34-78/h7,10-11,15-16,21-32,35-41H,5-6,8-9,12-14,17-20,33-34H2,1-4H3,(H,77,79). The molecule has 14 heteroatoms. The quantitative estimate of drug-likeness (QED) is 0.0978. The first-order chi connectivity index (χ1) is 38.6. The van der Waals surface area contributed by atoms with Gasteiger partial charge in [0.1, 0.15) is 11.5 Å². The SMILES string of the molecule is CCCCCC1CCC(c2ccc(C(=O)Nc3ccc(-c4cc5c6c(c7c(c5cc4OC)OC(c4ccccc4)(c4ccc(N5CCCCC5)cc4)C=C7)C(C)(C)c4c-6cc(C(F)(F)F)cc4C(F)(F)F)c(C(F)(F)F)c3)cc2)CC1. The highest BCUT2D eigenvalue weighted by atomic mass is 19.4. The van der Waals surface area contributed by atoms with Crippen molar-refractivity contribution >= 4 is 34.1 Å². The lowest BCUT2D eigenvalue weighted by Gasteiger charge is -2.39. The Bertz CT molecular complexity index is 3530. The van der Waals surface area contributed by atoms with Gasteiger partial charge in [0, 0.05) is 63.1 Å². The molecule has 1 unspecified atom stereocenters. The molecule has 11 rings (SSSR count). The number of piperidine rings is 1. The van der Waals surface area contributed by atoms with Crippen molar-refractivity contribution in [2.24, 2.45) is 5.92 Å². The van der Waals surface area contributed by atoms with E-state index in [1.807, 2.05) is 66.7 Å². The van der Waals surface area contributed by atoms with Gasteiger partial charge in [-0.25, -0.2) is 0 Å². The van der Waals surface area contributed by atoms with Crippen LogP contribution in [0.1, 0.15) is 158 Å². The smallest absolute Gasteiger partial charge is 0.417 e. The summed E-state index contributed by atoms with van der Waals surface area (Å²) in [6, 6.07) is 31.3. The number of hydrogen-bond donors (Lipinski definition) is 1. The van der Waals surface area contributed by atoms with E-state index in [-0.39, 0.29) is 67.4 Å². The number of alkyl halides is 9. The van der Waals surface area contributed by atoms with E-state index >= 15 is 26.3 Å². The fourth-order valence-electron chi connectivity index (χ4n) is 13.4. The number of methoxy groups -OCH3 is 1. The molecule has 1 atom stereocenters. The predicted octanol–water partition coefficient (Wildman–Crippen LogP) is 19.3. The molecule has 81 heavy (non-hydrogen) atoms. The summed E-state index contributed by atoms with van der Waals surface area (Å²) in [6.45, 7) is 7.01. The molecule has 0 aromatic heterocycles. The Hall–Kier alpha value is -7.22. The van der Waals surface area contributed by atoms with E-state index in [1.165, 1.54) is 70.9 Å². The van der Waals surface area contributed by atoms with E-state index in [0.717, 1.165) is 81.3 Å². The minimum atomic E-state index is -5.25. The zero-order chi connectivity index (χ0) is 57.2. The summed E-state index contributed by atoms with van der Waals surface area (Å²) in [6.07, 6.45) is 0.599. The van der Waals surface area contributed by atoms with Gasteiger partial charge in [-0.1, -0.05) is 113 Å². The van der Waals surface area contributed by atoms with E-state index in [9.17, 15) is 18.0 Å². The third kappa shape index (κ3) is 10.3. The molecular weight excluding hydrogens is 1050 g/mol. The van der Waals surface area contributed by atoms with Gasteiger partial charge in [-0.2, -0.15) is 39.5 Å². The first-order valence-electron chi connectivity index (χ1n) is 28.1. The maximum atomic E-state index is 15.6. The molecule has 1 amide bonds. The van der Waals surface area contributed by atoms with Gasteiger partial charge >= 0.3 is 18.5 Å². The normalized spacial score (nSPS) is 19.6. The number of hydrogen-bond acceptors (Lipinski definition) is 4. The van der Waals surface area contributed by atoms with Crippen LogP contribution in [0.5, 0.6) is 11.5 Å². The minimum Gasteiger partial charge on any atom is -0.496 e. The van der Waals surface area contributed by atoms with Gasteiger partial charge in [-0.05, 0) is 162 Å².